The van der Waals surface area contributed by atoms with Gasteiger partial charge in [0, 0.05) is 25.2 Å². The maximum absolute atomic E-state index is 12.1. The van der Waals surface area contributed by atoms with Crippen LogP contribution in [0.4, 0.5) is 0 Å². The Morgan fingerprint density at radius 2 is 1.15 bits per heavy atom. The Kier molecular flexibility index (Phi) is 17.8. The molecule has 12 heteroatoms. The number of aliphatic imine (C=N–C) groups is 2. The van der Waals surface area contributed by atoms with Gasteiger partial charge in [-0.2, -0.15) is 0 Å². The Balaban J connectivity index is 0.000000149. The van der Waals surface area contributed by atoms with Crippen molar-refractivity contribution < 1.29 is 9.59 Å². The lowest BCUT2D eigenvalue weighted by molar-refractivity contribution is -0.122. The van der Waals surface area contributed by atoms with Crippen LogP contribution in [-0.2, 0) is 9.59 Å². The molecule has 10 atom stereocenters. The fourth-order valence-electron chi connectivity index (χ4n) is 10.9. The zero-order valence-electron chi connectivity index (χ0n) is 40.2. The molecule has 66 heavy (non-hydrogen) atoms. The predicted molar refractivity (Wildman–Crippen MR) is 277 cm³/mol. The van der Waals surface area contributed by atoms with Gasteiger partial charge in [0.05, 0.1) is 17.3 Å². The van der Waals surface area contributed by atoms with Gasteiger partial charge >= 0.3 is 0 Å². The molecule has 8 unspecified atom stereocenters. The summed E-state index contributed by atoms with van der Waals surface area (Å²) in [6, 6.07) is 23.7. The summed E-state index contributed by atoms with van der Waals surface area (Å²) in [6.07, 6.45) is 23.4. The van der Waals surface area contributed by atoms with Crippen LogP contribution in [0.1, 0.15) is 122 Å². The highest BCUT2D eigenvalue weighted by Gasteiger charge is 2.46. The van der Waals surface area contributed by atoms with Gasteiger partial charge < -0.3 is 31.1 Å². The Morgan fingerprint density at radius 3 is 1.55 bits per heavy atom. The van der Waals surface area contributed by atoms with Crippen molar-refractivity contribution in [2.24, 2.45) is 39.6 Å². The minimum atomic E-state index is -0.355. The summed E-state index contributed by atoms with van der Waals surface area (Å²) >= 11 is 3.16. The highest BCUT2D eigenvalue weighted by molar-refractivity contribution is 8.16. The van der Waals surface area contributed by atoms with Gasteiger partial charge in [0.1, 0.15) is 4.75 Å². The Hall–Kier alpha value is -3.26. The van der Waals surface area contributed by atoms with Crippen LogP contribution < -0.4 is 21.3 Å². The lowest BCUT2D eigenvalue weighted by Gasteiger charge is -2.32. The second-order valence-corrected chi connectivity index (χ2v) is 23.3. The molecule has 8 aliphatic rings. The Morgan fingerprint density at radius 1 is 0.667 bits per heavy atom. The van der Waals surface area contributed by atoms with E-state index in [4.69, 9.17) is 4.99 Å². The van der Waals surface area contributed by atoms with Gasteiger partial charge in [0.15, 0.2) is 10.3 Å². The summed E-state index contributed by atoms with van der Waals surface area (Å²) in [5.74, 6) is 3.21. The summed E-state index contributed by atoms with van der Waals surface area (Å²) in [5, 5.41) is 15.3. The minimum absolute atomic E-state index is 0.0258. The Bertz CT molecular complexity index is 1930. The fourth-order valence-corrected chi connectivity index (χ4v) is 12.9. The quantitative estimate of drug-likeness (QED) is 0.103. The fraction of sp³-hybridized carbons (Fsp3) is 0.630. The first-order valence-electron chi connectivity index (χ1n) is 25.6. The molecule has 10 rings (SSSR count). The van der Waals surface area contributed by atoms with E-state index in [-0.39, 0.29) is 21.8 Å². The maximum atomic E-state index is 12.1. The third-order valence-electron chi connectivity index (χ3n) is 15.3. The van der Waals surface area contributed by atoms with E-state index in [2.05, 4.69) is 135 Å². The second kappa shape index (κ2) is 23.8. The zero-order valence-corrected chi connectivity index (χ0v) is 41.8. The molecule has 4 N–H and O–H groups in total. The maximum Gasteiger partial charge on any atom is 0.242 e. The first kappa shape index (κ1) is 49.2. The first-order chi connectivity index (χ1) is 32.1. The van der Waals surface area contributed by atoms with Crippen LogP contribution in [-0.4, -0.2) is 106 Å². The van der Waals surface area contributed by atoms with Crippen LogP contribution in [0.25, 0.3) is 0 Å². The van der Waals surface area contributed by atoms with E-state index in [9.17, 15) is 9.59 Å². The first-order valence-corrected chi connectivity index (χ1v) is 27.3. The molecular formula is C54H78N8O2S2. The molecule has 0 aromatic heterocycles. The molecule has 4 heterocycles. The topological polar surface area (TPSA) is 113 Å². The number of nitrogens with zero attached hydrogens (tertiary/aromatic N) is 4. The van der Waals surface area contributed by atoms with Crippen molar-refractivity contribution in [3.05, 3.63) is 96.1 Å². The lowest BCUT2D eigenvalue weighted by Crippen LogP contribution is -2.40. The third kappa shape index (κ3) is 13.3. The number of benzene rings is 2. The smallest absolute Gasteiger partial charge is 0.242 e. The van der Waals surface area contributed by atoms with E-state index in [1.807, 2.05) is 13.8 Å². The van der Waals surface area contributed by atoms with E-state index in [1.54, 1.807) is 23.5 Å². The van der Waals surface area contributed by atoms with Crippen molar-refractivity contribution in [3.63, 3.8) is 0 Å². The van der Waals surface area contributed by atoms with Gasteiger partial charge in [-0.1, -0.05) is 135 Å². The van der Waals surface area contributed by atoms with Crippen molar-refractivity contribution in [3.8, 4) is 0 Å². The van der Waals surface area contributed by atoms with Crippen LogP contribution in [0.3, 0.4) is 0 Å². The number of hydrogen-bond acceptors (Lipinski definition) is 10. The summed E-state index contributed by atoms with van der Waals surface area (Å²) in [6.45, 7) is 17.5. The molecule has 4 saturated heterocycles. The van der Waals surface area contributed by atoms with E-state index < -0.39 is 0 Å². The van der Waals surface area contributed by atoms with Crippen LogP contribution in [0.2, 0.25) is 0 Å². The van der Waals surface area contributed by atoms with Crippen molar-refractivity contribution in [1.29, 1.82) is 0 Å². The van der Waals surface area contributed by atoms with Crippen molar-refractivity contribution in [2.45, 2.75) is 132 Å². The normalized spacial score (nSPS) is 32.3. The molecule has 358 valence electrons. The number of thioether (sulfide) groups is 2. The summed E-state index contributed by atoms with van der Waals surface area (Å²) in [7, 11) is 0. The molecule has 0 radical (unpaired) electrons. The van der Waals surface area contributed by atoms with Crippen molar-refractivity contribution in [2.75, 3.05) is 52.4 Å². The second-order valence-electron chi connectivity index (χ2n) is 20.5. The number of carbonyl (C=O) groups is 2. The number of allylic oxidation sites excluding steroid dienone is 2. The largest absolute Gasteiger partial charge is 0.309 e. The molecule has 4 aliphatic heterocycles. The van der Waals surface area contributed by atoms with E-state index in [0.717, 1.165) is 67.6 Å². The standard InChI is InChI=1S/C29H44N4.C14H20N2OS.C11H14N2OS/c1-5-14-26(15-6-1)28(24-32-20-9-3-10-21-32)30-18-13-19-31-29(27-16-7-2-8-17-27)25-33-22-11-4-12-23-33;1-8(2)14(3)12(17)16-13(18-14)15-11-7-9-4-5-10(11)6-9;1-6-10(14)13-11(15-6)12-9-5-7-2-3-8(9)4-7/h1-2,5-8,14-17,28-31H,3-4,9-13,18-25H2;4-5,8-11H,6-7H2,1-3H3,(H,15,16,17);2-3,6-9H,4-5H2,1H3,(H,12,13,14)/t28-,29?;9?,10?,11?,14-;/m00./s1. The van der Waals surface area contributed by atoms with Crippen molar-refractivity contribution >= 4 is 45.7 Å². The van der Waals surface area contributed by atoms with Crippen molar-refractivity contribution in [1.82, 2.24) is 31.1 Å². The van der Waals surface area contributed by atoms with E-state index in [1.165, 1.54) is 88.7 Å². The average Bonchev–Trinajstić information content (AvgIpc) is 4.22. The molecule has 6 fully saturated rings. The molecule has 0 spiro atoms. The highest BCUT2D eigenvalue weighted by atomic mass is 32.2. The zero-order chi connectivity index (χ0) is 45.9. The van der Waals surface area contributed by atoms with Gasteiger partial charge in [0.2, 0.25) is 11.8 Å². The number of rotatable bonds is 15. The van der Waals surface area contributed by atoms with Crippen LogP contribution >= 0.6 is 23.5 Å². The number of nitrogens with one attached hydrogen (secondary N) is 4. The van der Waals surface area contributed by atoms with Gasteiger partial charge in [-0.3, -0.25) is 19.6 Å². The van der Waals surface area contributed by atoms with Gasteiger partial charge in [-0.25, -0.2) is 0 Å². The lowest BCUT2D eigenvalue weighted by atomic mass is 9.96. The van der Waals surface area contributed by atoms with Crippen LogP contribution in [0.5, 0.6) is 0 Å². The molecule has 2 amide bonds. The minimum Gasteiger partial charge on any atom is -0.309 e. The monoisotopic (exact) mass is 935 g/mol. The summed E-state index contributed by atoms with van der Waals surface area (Å²) < 4.78 is -0.355. The molecule has 2 saturated carbocycles. The van der Waals surface area contributed by atoms with E-state index in [0.29, 0.717) is 41.9 Å². The van der Waals surface area contributed by atoms with Gasteiger partial charge in [-0.05, 0) is 152 Å². The Labute approximate surface area is 404 Å². The average molecular weight is 935 g/mol. The molecular weight excluding hydrogens is 857 g/mol. The number of piperidine rings is 2. The predicted octanol–water partition coefficient (Wildman–Crippen LogP) is 9.15. The third-order valence-corrected chi connectivity index (χ3v) is 17.8. The summed E-state index contributed by atoms with van der Waals surface area (Å²) in [4.78, 5) is 38.1. The van der Waals surface area contributed by atoms with Gasteiger partial charge in [-0.15, -0.1) is 0 Å². The number of hydrogen-bond donors (Lipinski definition) is 4. The van der Waals surface area contributed by atoms with E-state index >= 15 is 0 Å². The molecule has 2 aromatic rings. The van der Waals surface area contributed by atoms with Crippen LogP contribution in [0.15, 0.2) is 95.0 Å². The number of amides is 2. The molecule has 10 nitrogen and oxygen atoms in total. The molecule has 2 aromatic carbocycles. The number of fused-ring (bicyclic) bond motifs is 4. The summed E-state index contributed by atoms with van der Waals surface area (Å²) in [5.41, 5.74) is 2.84. The SMILES string of the molecule is CC(C)[C@]1(C)SC(=NC2CC3C=CC2C3)NC1=O.CC1SC(=NC2CC3C=CC2C3)NC1=O.c1ccc(C(CN2CCCCC2)NCCCN[C@@H](CN2CCCCC2)c2ccccc2)cc1. The number of amidine groups is 2. The molecule has 4 bridgehead atoms. The number of likely N-dealkylation sites (tertiary alicyclic amines) is 2. The number of carbonyl (C=O) groups excluding carboxylic acids is 2. The van der Waals surface area contributed by atoms with Crippen LogP contribution in [0, 0.1) is 29.6 Å². The van der Waals surface area contributed by atoms with Gasteiger partial charge in [0.25, 0.3) is 0 Å². The highest BCUT2D eigenvalue weighted by Crippen LogP contribution is 2.44. The molecule has 4 aliphatic carbocycles.